The molecule has 2 aromatic carbocycles. The Morgan fingerprint density at radius 1 is 1.00 bits per heavy atom. The molecule has 2 amide bonds. The van der Waals surface area contributed by atoms with Crippen LogP contribution in [0.3, 0.4) is 0 Å². The fourth-order valence-corrected chi connectivity index (χ4v) is 4.92. The van der Waals surface area contributed by atoms with Crippen molar-refractivity contribution in [1.82, 2.24) is 15.0 Å². The second-order valence-corrected chi connectivity index (χ2v) is 9.61. The first-order valence-electron chi connectivity index (χ1n) is 10.5. The summed E-state index contributed by atoms with van der Waals surface area (Å²) in [6.45, 7) is 0.534. The first-order chi connectivity index (χ1) is 14.9. The number of carbonyl (C=O) groups is 2. The minimum absolute atomic E-state index is 0.0343. The molecule has 31 heavy (non-hydrogen) atoms. The van der Waals surface area contributed by atoms with E-state index < -0.39 is 16.1 Å². The molecule has 8 nitrogen and oxygen atoms in total. The standard InChI is InChI=1S/C22H26N4O4S/c27-20-8-4-5-15-26(20)21(16-6-2-1-3-7-16)22(28)24-23-17-11-13-19(14-12-17)31(29,30)25-18-9-10-18/h1-3,6-7,11-14,18,21,23,25H,4-5,8-10,15H2,(H,24,28). The lowest BCUT2D eigenvalue weighted by Gasteiger charge is -2.34. The summed E-state index contributed by atoms with van der Waals surface area (Å²) in [4.78, 5) is 27.3. The highest BCUT2D eigenvalue weighted by Gasteiger charge is 2.32. The summed E-state index contributed by atoms with van der Waals surface area (Å²) >= 11 is 0. The Morgan fingerprint density at radius 2 is 1.71 bits per heavy atom. The highest BCUT2D eigenvalue weighted by Crippen LogP contribution is 2.26. The normalized spacial score (nSPS) is 17.8. The number of benzene rings is 2. The number of anilines is 1. The maximum Gasteiger partial charge on any atom is 0.265 e. The highest BCUT2D eigenvalue weighted by atomic mass is 32.2. The molecule has 4 rings (SSSR count). The van der Waals surface area contributed by atoms with E-state index in [1.54, 1.807) is 17.0 Å². The number of carbonyl (C=O) groups excluding carboxylic acids is 2. The van der Waals surface area contributed by atoms with E-state index in [1.807, 2.05) is 30.3 Å². The van der Waals surface area contributed by atoms with Gasteiger partial charge in [0.1, 0.15) is 6.04 Å². The number of hydrazine groups is 1. The molecule has 0 bridgehead atoms. The number of nitrogens with zero attached hydrogens (tertiary/aromatic N) is 1. The third kappa shape index (κ3) is 5.23. The molecule has 9 heteroatoms. The maximum atomic E-state index is 13.0. The number of hydrogen-bond donors (Lipinski definition) is 3. The van der Waals surface area contributed by atoms with Gasteiger partial charge in [-0.2, -0.15) is 0 Å². The van der Waals surface area contributed by atoms with Crippen molar-refractivity contribution < 1.29 is 18.0 Å². The predicted molar refractivity (Wildman–Crippen MR) is 116 cm³/mol. The molecule has 1 unspecified atom stereocenters. The van der Waals surface area contributed by atoms with E-state index in [9.17, 15) is 18.0 Å². The van der Waals surface area contributed by atoms with Gasteiger partial charge in [0.2, 0.25) is 15.9 Å². The van der Waals surface area contributed by atoms with Gasteiger partial charge in [-0.3, -0.25) is 20.4 Å². The summed E-state index contributed by atoms with van der Waals surface area (Å²) < 4.78 is 27.2. The fourth-order valence-electron chi connectivity index (χ4n) is 3.62. The van der Waals surface area contributed by atoms with E-state index >= 15 is 0 Å². The number of rotatable bonds is 8. The van der Waals surface area contributed by atoms with Crippen molar-refractivity contribution in [3.63, 3.8) is 0 Å². The largest absolute Gasteiger partial charge is 0.326 e. The number of hydrogen-bond acceptors (Lipinski definition) is 5. The van der Waals surface area contributed by atoms with Crippen LogP contribution in [0.15, 0.2) is 59.5 Å². The van der Waals surface area contributed by atoms with Crippen molar-refractivity contribution in [2.45, 2.75) is 49.1 Å². The van der Waals surface area contributed by atoms with Gasteiger partial charge in [0, 0.05) is 19.0 Å². The second kappa shape index (κ2) is 9.07. The Labute approximate surface area is 182 Å². The van der Waals surface area contributed by atoms with Crippen LogP contribution in [-0.2, 0) is 19.6 Å². The first-order valence-corrected chi connectivity index (χ1v) is 11.9. The van der Waals surface area contributed by atoms with Crippen molar-refractivity contribution in [3.8, 4) is 0 Å². The van der Waals surface area contributed by atoms with E-state index in [2.05, 4.69) is 15.6 Å². The summed E-state index contributed by atoms with van der Waals surface area (Å²) in [6.07, 6.45) is 3.87. The Kier molecular flexibility index (Phi) is 6.24. The van der Waals surface area contributed by atoms with Crippen molar-refractivity contribution in [3.05, 3.63) is 60.2 Å². The van der Waals surface area contributed by atoms with Crippen molar-refractivity contribution in [1.29, 1.82) is 0 Å². The van der Waals surface area contributed by atoms with Gasteiger partial charge in [-0.1, -0.05) is 30.3 Å². The Bertz CT molecular complexity index is 1040. The third-order valence-corrected chi connectivity index (χ3v) is 6.97. The molecular weight excluding hydrogens is 416 g/mol. The quantitative estimate of drug-likeness (QED) is 0.544. The van der Waals surface area contributed by atoms with E-state index in [1.165, 1.54) is 12.1 Å². The fraction of sp³-hybridized carbons (Fsp3) is 0.364. The molecule has 2 fully saturated rings. The smallest absolute Gasteiger partial charge is 0.265 e. The lowest BCUT2D eigenvalue weighted by atomic mass is 10.0. The van der Waals surface area contributed by atoms with Crippen LogP contribution in [0.25, 0.3) is 0 Å². The molecule has 1 aliphatic carbocycles. The molecule has 1 saturated heterocycles. The molecule has 2 aliphatic rings. The molecule has 2 aromatic rings. The summed E-state index contributed by atoms with van der Waals surface area (Å²) in [7, 11) is -3.52. The molecule has 1 atom stereocenters. The van der Waals surface area contributed by atoms with Crippen LogP contribution in [-0.4, -0.2) is 37.7 Å². The monoisotopic (exact) mass is 442 g/mol. The maximum absolute atomic E-state index is 13.0. The predicted octanol–water partition coefficient (Wildman–Crippen LogP) is 2.32. The van der Waals surface area contributed by atoms with Crippen LogP contribution in [0.4, 0.5) is 5.69 Å². The van der Waals surface area contributed by atoms with Crippen molar-refractivity contribution >= 4 is 27.5 Å². The summed E-state index contributed by atoms with van der Waals surface area (Å²) in [6, 6.07) is 14.7. The average Bonchev–Trinajstić information content (AvgIpc) is 3.58. The third-order valence-electron chi connectivity index (χ3n) is 5.43. The summed E-state index contributed by atoms with van der Waals surface area (Å²) in [5, 5.41) is 0. The number of sulfonamides is 1. The Balaban J connectivity index is 1.44. The molecule has 164 valence electrons. The molecular formula is C22H26N4O4S. The number of amides is 2. The van der Waals surface area contributed by atoms with E-state index in [4.69, 9.17) is 0 Å². The zero-order valence-corrected chi connectivity index (χ0v) is 17.9. The van der Waals surface area contributed by atoms with Crippen LogP contribution >= 0.6 is 0 Å². The highest BCUT2D eigenvalue weighted by molar-refractivity contribution is 7.89. The number of piperidine rings is 1. The lowest BCUT2D eigenvalue weighted by Crippen LogP contribution is -2.47. The Morgan fingerprint density at radius 3 is 2.35 bits per heavy atom. The van der Waals surface area contributed by atoms with Gasteiger partial charge >= 0.3 is 0 Å². The zero-order chi connectivity index (χ0) is 21.8. The van der Waals surface area contributed by atoms with Crippen LogP contribution in [0, 0.1) is 0 Å². The molecule has 1 saturated carbocycles. The van der Waals surface area contributed by atoms with Gasteiger partial charge in [-0.25, -0.2) is 13.1 Å². The molecule has 0 aromatic heterocycles. The van der Waals surface area contributed by atoms with E-state index in [0.717, 1.165) is 31.2 Å². The van der Waals surface area contributed by atoms with Gasteiger partial charge in [-0.05, 0) is 55.5 Å². The van der Waals surface area contributed by atoms with Gasteiger partial charge in [0.05, 0.1) is 10.6 Å². The first kappa shape index (κ1) is 21.3. The van der Waals surface area contributed by atoms with E-state index in [0.29, 0.717) is 18.7 Å². The van der Waals surface area contributed by atoms with Crippen LogP contribution in [0.5, 0.6) is 0 Å². The molecule has 1 heterocycles. The summed E-state index contributed by atoms with van der Waals surface area (Å²) in [5.74, 6) is -0.387. The van der Waals surface area contributed by atoms with Gasteiger partial charge in [0.15, 0.2) is 0 Å². The topological polar surface area (TPSA) is 108 Å². The van der Waals surface area contributed by atoms with Crippen LogP contribution in [0.2, 0.25) is 0 Å². The van der Waals surface area contributed by atoms with Gasteiger partial charge < -0.3 is 4.90 Å². The zero-order valence-electron chi connectivity index (χ0n) is 17.1. The van der Waals surface area contributed by atoms with E-state index in [-0.39, 0.29) is 22.8 Å². The van der Waals surface area contributed by atoms with Crippen LogP contribution < -0.4 is 15.6 Å². The molecule has 3 N–H and O–H groups in total. The molecule has 0 spiro atoms. The van der Waals surface area contributed by atoms with Crippen molar-refractivity contribution in [2.75, 3.05) is 12.0 Å². The van der Waals surface area contributed by atoms with Crippen LogP contribution in [0.1, 0.15) is 43.7 Å². The molecule has 1 aliphatic heterocycles. The minimum Gasteiger partial charge on any atom is -0.326 e. The molecule has 0 radical (unpaired) electrons. The number of likely N-dealkylation sites (tertiary alicyclic amines) is 1. The summed E-state index contributed by atoms with van der Waals surface area (Å²) in [5.41, 5.74) is 6.77. The number of nitrogens with one attached hydrogen (secondary N) is 3. The van der Waals surface area contributed by atoms with Gasteiger partial charge in [0.25, 0.3) is 5.91 Å². The minimum atomic E-state index is -3.52. The SMILES string of the molecule is O=C(NNc1ccc(S(=O)(=O)NC2CC2)cc1)C(c1ccccc1)N1CCCCC1=O. The van der Waals surface area contributed by atoms with Gasteiger partial charge in [-0.15, -0.1) is 0 Å². The second-order valence-electron chi connectivity index (χ2n) is 7.89. The van der Waals surface area contributed by atoms with Crippen molar-refractivity contribution in [2.24, 2.45) is 0 Å². The lowest BCUT2D eigenvalue weighted by molar-refractivity contribution is -0.142. The average molecular weight is 443 g/mol. The Hall–Kier alpha value is -2.91.